The molecule has 21 heavy (non-hydrogen) atoms. The number of benzene rings is 1. The van der Waals surface area contributed by atoms with Crippen molar-refractivity contribution in [1.82, 2.24) is 4.90 Å². The van der Waals surface area contributed by atoms with Gasteiger partial charge in [-0.3, -0.25) is 19.7 Å². The number of carboxylic acids is 1. The largest absolute Gasteiger partial charge is 0.480 e. The minimum atomic E-state index is -1.45. The van der Waals surface area contributed by atoms with E-state index in [9.17, 15) is 28.5 Å². The molecule has 0 heterocycles. The molecule has 1 N–H and O–H groups in total. The van der Waals surface area contributed by atoms with Crippen LogP contribution in [-0.2, 0) is 4.79 Å². The Kier molecular flexibility index (Phi) is 4.91. The second-order valence-electron chi connectivity index (χ2n) is 3.80. The first kappa shape index (κ1) is 16.0. The number of hydrogen-bond acceptors (Lipinski definition) is 4. The Hall–Kier alpha value is -3.02. The topological polar surface area (TPSA) is 101 Å². The van der Waals surface area contributed by atoms with Crippen molar-refractivity contribution in [3.05, 3.63) is 39.4 Å². The number of aliphatic carboxylic acids is 1. The molecule has 0 aromatic heterocycles. The molecule has 0 fully saturated rings. The SMILES string of the molecule is C#CCN(CC(=O)O)C(=O)c1cc([N+](=O)[O-])c(F)cc1F. The Labute approximate surface area is 116 Å². The number of carbonyl (C=O) groups excluding carboxylic acids is 1. The summed E-state index contributed by atoms with van der Waals surface area (Å²) in [6.45, 7) is -1.27. The first-order valence-corrected chi connectivity index (χ1v) is 5.36. The Morgan fingerprint density at radius 1 is 1.38 bits per heavy atom. The van der Waals surface area contributed by atoms with E-state index in [0.29, 0.717) is 11.0 Å². The van der Waals surface area contributed by atoms with Gasteiger partial charge in [0.25, 0.3) is 5.91 Å². The van der Waals surface area contributed by atoms with E-state index < -0.39 is 52.8 Å². The van der Waals surface area contributed by atoms with Crippen molar-refractivity contribution < 1.29 is 28.4 Å². The van der Waals surface area contributed by atoms with Crippen molar-refractivity contribution in [2.24, 2.45) is 0 Å². The molecule has 0 aliphatic carbocycles. The molecule has 1 aromatic rings. The average Bonchev–Trinajstić information content (AvgIpc) is 2.36. The maximum atomic E-state index is 13.6. The van der Waals surface area contributed by atoms with E-state index in [1.807, 2.05) is 5.92 Å². The number of hydrogen-bond donors (Lipinski definition) is 1. The Balaban J connectivity index is 3.27. The zero-order chi connectivity index (χ0) is 16.2. The number of nitro groups is 1. The van der Waals surface area contributed by atoms with Gasteiger partial charge in [-0.2, -0.15) is 4.39 Å². The Morgan fingerprint density at radius 2 is 2.00 bits per heavy atom. The fourth-order valence-corrected chi connectivity index (χ4v) is 1.48. The maximum Gasteiger partial charge on any atom is 0.323 e. The van der Waals surface area contributed by atoms with Crippen LogP contribution in [0.2, 0.25) is 0 Å². The van der Waals surface area contributed by atoms with E-state index in [2.05, 4.69) is 0 Å². The zero-order valence-electron chi connectivity index (χ0n) is 10.4. The van der Waals surface area contributed by atoms with Crippen molar-refractivity contribution in [3.63, 3.8) is 0 Å². The van der Waals surface area contributed by atoms with Crippen LogP contribution >= 0.6 is 0 Å². The van der Waals surface area contributed by atoms with Gasteiger partial charge in [-0.1, -0.05) is 5.92 Å². The molecule has 0 saturated carbocycles. The highest BCUT2D eigenvalue weighted by Crippen LogP contribution is 2.22. The third kappa shape index (κ3) is 3.73. The number of nitro benzene ring substituents is 1. The van der Waals surface area contributed by atoms with E-state index in [4.69, 9.17) is 11.5 Å². The number of rotatable bonds is 5. The number of carbonyl (C=O) groups is 2. The normalized spacial score (nSPS) is 9.76. The Bertz CT molecular complexity index is 654. The molecule has 0 aliphatic rings. The smallest absolute Gasteiger partial charge is 0.323 e. The molecule has 0 saturated heterocycles. The summed E-state index contributed by atoms with van der Waals surface area (Å²) in [5.41, 5.74) is -1.93. The van der Waals surface area contributed by atoms with Crippen LogP contribution < -0.4 is 0 Å². The van der Waals surface area contributed by atoms with Gasteiger partial charge in [-0.15, -0.1) is 6.42 Å². The van der Waals surface area contributed by atoms with Gasteiger partial charge in [0.2, 0.25) is 5.82 Å². The van der Waals surface area contributed by atoms with Crippen molar-refractivity contribution in [2.75, 3.05) is 13.1 Å². The average molecular weight is 298 g/mol. The van der Waals surface area contributed by atoms with Crippen molar-refractivity contribution in [2.45, 2.75) is 0 Å². The lowest BCUT2D eigenvalue weighted by Crippen LogP contribution is -2.36. The first-order valence-electron chi connectivity index (χ1n) is 5.36. The maximum absolute atomic E-state index is 13.6. The molecule has 0 spiro atoms. The van der Waals surface area contributed by atoms with Crippen LogP contribution in [0.5, 0.6) is 0 Å². The van der Waals surface area contributed by atoms with Gasteiger partial charge in [0, 0.05) is 12.1 Å². The van der Waals surface area contributed by atoms with Gasteiger partial charge < -0.3 is 10.0 Å². The van der Waals surface area contributed by atoms with Crippen LogP contribution in [0.25, 0.3) is 0 Å². The van der Waals surface area contributed by atoms with Gasteiger partial charge in [-0.05, 0) is 0 Å². The molecular weight excluding hydrogens is 290 g/mol. The monoisotopic (exact) mass is 298 g/mol. The predicted molar refractivity (Wildman–Crippen MR) is 65.4 cm³/mol. The van der Waals surface area contributed by atoms with Crippen LogP contribution in [0.4, 0.5) is 14.5 Å². The molecule has 1 amide bonds. The summed E-state index contributed by atoms with van der Waals surface area (Å²) in [6.07, 6.45) is 4.96. The second kappa shape index (κ2) is 6.42. The zero-order valence-corrected chi connectivity index (χ0v) is 10.4. The van der Waals surface area contributed by atoms with E-state index in [-0.39, 0.29) is 6.07 Å². The number of halogens is 2. The summed E-state index contributed by atoms with van der Waals surface area (Å²) >= 11 is 0. The van der Waals surface area contributed by atoms with E-state index in [1.54, 1.807) is 0 Å². The lowest BCUT2D eigenvalue weighted by molar-refractivity contribution is -0.387. The summed E-state index contributed by atoms with van der Waals surface area (Å²) in [5.74, 6) is -3.39. The molecular formula is C12H8F2N2O5. The summed E-state index contributed by atoms with van der Waals surface area (Å²) in [4.78, 5) is 32.6. The summed E-state index contributed by atoms with van der Waals surface area (Å²) in [6, 6.07) is 0.582. The van der Waals surface area contributed by atoms with E-state index in [1.165, 1.54) is 0 Å². The van der Waals surface area contributed by atoms with Gasteiger partial charge in [0.05, 0.1) is 17.0 Å². The van der Waals surface area contributed by atoms with E-state index in [0.717, 1.165) is 0 Å². The minimum absolute atomic E-state index is 0.181. The molecule has 0 unspecified atom stereocenters. The van der Waals surface area contributed by atoms with E-state index >= 15 is 0 Å². The van der Waals surface area contributed by atoms with Crippen LogP contribution in [0.15, 0.2) is 12.1 Å². The number of amides is 1. The fraction of sp³-hybridized carbons (Fsp3) is 0.167. The predicted octanol–water partition coefficient (Wildman–Crippen LogP) is 1.03. The Morgan fingerprint density at radius 3 is 2.48 bits per heavy atom. The quantitative estimate of drug-likeness (QED) is 0.497. The third-order valence-electron chi connectivity index (χ3n) is 2.36. The molecule has 0 radical (unpaired) electrons. The van der Waals surface area contributed by atoms with Gasteiger partial charge in [-0.25, -0.2) is 4.39 Å². The molecule has 7 nitrogen and oxygen atoms in total. The molecule has 1 aromatic carbocycles. The molecule has 1 rings (SSSR count). The van der Waals surface area contributed by atoms with Crippen LogP contribution in [0.3, 0.4) is 0 Å². The lowest BCUT2D eigenvalue weighted by Gasteiger charge is -2.18. The van der Waals surface area contributed by atoms with Crippen LogP contribution in [0, 0.1) is 34.1 Å². The van der Waals surface area contributed by atoms with Crippen molar-refractivity contribution in [3.8, 4) is 12.3 Å². The number of terminal acetylenes is 1. The summed E-state index contributed by atoms with van der Waals surface area (Å²) in [7, 11) is 0. The fourth-order valence-electron chi connectivity index (χ4n) is 1.48. The molecule has 0 atom stereocenters. The minimum Gasteiger partial charge on any atom is -0.480 e. The van der Waals surface area contributed by atoms with Crippen LogP contribution in [0.1, 0.15) is 10.4 Å². The molecule has 0 aliphatic heterocycles. The van der Waals surface area contributed by atoms with Crippen molar-refractivity contribution in [1.29, 1.82) is 0 Å². The van der Waals surface area contributed by atoms with Gasteiger partial charge in [0.1, 0.15) is 12.4 Å². The molecule has 0 bridgehead atoms. The highest BCUT2D eigenvalue weighted by atomic mass is 19.1. The summed E-state index contributed by atoms with van der Waals surface area (Å²) < 4.78 is 26.7. The lowest BCUT2D eigenvalue weighted by atomic mass is 10.1. The molecule has 9 heteroatoms. The highest BCUT2D eigenvalue weighted by molar-refractivity contribution is 5.96. The number of carboxylic acid groups (broad SMARTS) is 1. The second-order valence-corrected chi connectivity index (χ2v) is 3.80. The molecule has 110 valence electrons. The highest BCUT2D eigenvalue weighted by Gasteiger charge is 2.26. The van der Waals surface area contributed by atoms with Crippen LogP contribution in [-0.4, -0.2) is 39.9 Å². The van der Waals surface area contributed by atoms with Crippen molar-refractivity contribution >= 4 is 17.6 Å². The first-order chi connectivity index (χ1) is 9.77. The summed E-state index contributed by atoms with van der Waals surface area (Å²) in [5, 5.41) is 19.2. The number of nitrogens with zero attached hydrogens (tertiary/aromatic N) is 2. The van der Waals surface area contributed by atoms with Gasteiger partial charge >= 0.3 is 11.7 Å². The standard InChI is InChI=1S/C12H8F2N2O5/c1-2-3-15(6-11(17)18)12(19)7-4-10(16(20)21)9(14)5-8(7)13/h1,4-5H,3,6H2,(H,17,18). The third-order valence-corrected chi connectivity index (χ3v) is 2.36. The van der Waals surface area contributed by atoms with Gasteiger partial charge in [0.15, 0.2) is 0 Å².